The van der Waals surface area contributed by atoms with E-state index in [1.165, 1.54) is 18.9 Å². The first-order chi connectivity index (χ1) is 11.5. The summed E-state index contributed by atoms with van der Waals surface area (Å²) in [6.45, 7) is 9.96. The van der Waals surface area contributed by atoms with Gasteiger partial charge in [0.25, 0.3) is 5.91 Å². The molecule has 1 amide bonds. The predicted molar refractivity (Wildman–Crippen MR) is 95.2 cm³/mol. The van der Waals surface area contributed by atoms with Crippen molar-refractivity contribution in [3.05, 3.63) is 33.7 Å². The average Bonchev–Trinajstić information content (AvgIpc) is 3.34. The molecule has 1 saturated carbocycles. The number of carbonyl (C=O) groups excluding carboxylic acids is 1. The van der Waals surface area contributed by atoms with Crippen molar-refractivity contribution in [2.24, 2.45) is 11.8 Å². The SMILES string of the molecule is Cc1cc(=O)c(C(=O)N2CCCN(CC3CC3)[C@@H](C(C)C)C2)c[nH]1. The molecule has 0 aromatic carbocycles. The molecule has 2 heterocycles. The number of hydrogen-bond acceptors (Lipinski definition) is 3. The first kappa shape index (κ1) is 17.2. The zero-order valence-corrected chi connectivity index (χ0v) is 15.0. The number of amides is 1. The van der Waals surface area contributed by atoms with Gasteiger partial charge in [-0.25, -0.2) is 0 Å². The van der Waals surface area contributed by atoms with Gasteiger partial charge < -0.3 is 9.88 Å². The van der Waals surface area contributed by atoms with Gasteiger partial charge in [-0.3, -0.25) is 14.5 Å². The molecule has 1 atom stereocenters. The van der Waals surface area contributed by atoms with Crippen molar-refractivity contribution < 1.29 is 4.79 Å². The summed E-state index contributed by atoms with van der Waals surface area (Å²) in [5.41, 5.74) is 0.860. The topological polar surface area (TPSA) is 56.4 Å². The van der Waals surface area contributed by atoms with Crippen molar-refractivity contribution in [3.63, 3.8) is 0 Å². The Kier molecular flexibility index (Phi) is 5.09. The maximum atomic E-state index is 12.9. The van der Waals surface area contributed by atoms with Crippen LogP contribution in [-0.2, 0) is 0 Å². The van der Waals surface area contributed by atoms with Crippen molar-refractivity contribution in [1.82, 2.24) is 14.8 Å². The van der Waals surface area contributed by atoms with Gasteiger partial charge in [0.15, 0.2) is 5.43 Å². The second kappa shape index (κ2) is 7.09. The highest BCUT2D eigenvalue weighted by Crippen LogP contribution is 2.32. The number of nitrogens with zero attached hydrogens (tertiary/aromatic N) is 2. The van der Waals surface area contributed by atoms with Crippen LogP contribution in [0.4, 0.5) is 0 Å². The molecule has 1 aromatic heterocycles. The van der Waals surface area contributed by atoms with Crippen LogP contribution in [0, 0.1) is 18.8 Å². The van der Waals surface area contributed by atoms with Gasteiger partial charge in [-0.05, 0) is 38.0 Å². The van der Waals surface area contributed by atoms with E-state index in [0.717, 1.165) is 44.2 Å². The van der Waals surface area contributed by atoms with E-state index in [1.54, 1.807) is 6.20 Å². The van der Waals surface area contributed by atoms with Crippen LogP contribution in [-0.4, -0.2) is 52.9 Å². The number of aromatic amines is 1. The second-order valence-electron chi connectivity index (χ2n) is 7.75. The van der Waals surface area contributed by atoms with E-state index in [4.69, 9.17) is 0 Å². The number of hydrogen-bond donors (Lipinski definition) is 1. The molecule has 1 aliphatic heterocycles. The Labute approximate surface area is 144 Å². The molecule has 1 N–H and O–H groups in total. The lowest BCUT2D eigenvalue weighted by atomic mass is 10.0. The summed E-state index contributed by atoms with van der Waals surface area (Å²) in [5.74, 6) is 1.22. The van der Waals surface area contributed by atoms with Gasteiger partial charge in [0.1, 0.15) is 5.56 Å². The summed E-state index contributed by atoms with van der Waals surface area (Å²) in [6, 6.07) is 1.88. The minimum Gasteiger partial charge on any atom is -0.364 e. The normalized spacial score (nSPS) is 22.7. The molecule has 5 heteroatoms. The molecule has 1 aliphatic carbocycles. The largest absolute Gasteiger partial charge is 0.364 e. The van der Waals surface area contributed by atoms with Gasteiger partial charge in [0, 0.05) is 50.2 Å². The van der Waals surface area contributed by atoms with Crippen molar-refractivity contribution in [2.45, 2.75) is 46.1 Å². The molecule has 1 saturated heterocycles. The molecule has 0 bridgehead atoms. The Morgan fingerprint density at radius 1 is 1.33 bits per heavy atom. The van der Waals surface area contributed by atoms with Gasteiger partial charge >= 0.3 is 0 Å². The Morgan fingerprint density at radius 2 is 2.08 bits per heavy atom. The maximum Gasteiger partial charge on any atom is 0.259 e. The first-order valence-corrected chi connectivity index (χ1v) is 9.18. The fraction of sp³-hybridized carbons (Fsp3) is 0.684. The standard InChI is InChI=1S/C19H29N3O2/c1-13(2)17-12-22(8-4-7-21(17)11-15-5-6-15)19(24)16-10-20-14(3)9-18(16)23/h9-10,13,15,17H,4-8,11-12H2,1-3H3,(H,20,23)/t17-/m1/s1. The zero-order valence-electron chi connectivity index (χ0n) is 15.0. The van der Waals surface area contributed by atoms with Crippen molar-refractivity contribution in [1.29, 1.82) is 0 Å². The number of H-pyrrole nitrogens is 1. The number of nitrogens with one attached hydrogen (secondary N) is 1. The molecule has 3 rings (SSSR count). The van der Waals surface area contributed by atoms with E-state index < -0.39 is 0 Å². The van der Waals surface area contributed by atoms with Crippen LogP contribution in [0.15, 0.2) is 17.1 Å². The lowest BCUT2D eigenvalue weighted by Crippen LogP contribution is -2.47. The first-order valence-electron chi connectivity index (χ1n) is 9.18. The summed E-state index contributed by atoms with van der Waals surface area (Å²) in [6.07, 6.45) is 5.24. The molecule has 2 aliphatic rings. The summed E-state index contributed by atoms with van der Waals surface area (Å²) >= 11 is 0. The molecule has 0 spiro atoms. The lowest BCUT2D eigenvalue weighted by Gasteiger charge is -2.34. The number of rotatable bonds is 4. The summed E-state index contributed by atoms with van der Waals surface area (Å²) < 4.78 is 0. The molecule has 24 heavy (non-hydrogen) atoms. The predicted octanol–water partition coefficient (Wildman–Crippen LogP) is 2.27. The summed E-state index contributed by atoms with van der Waals surface area (Å²) in [4.78, 5) is 32.5. The fourth-order valence-electron chi connectivity index (χ4n) is 3.65. The van der Waals surface area contributed by atoms with Gasteiger partial charge in [-0.2, -0.15) is 0 Å². The molecular formula is C19H29N3O2. The minimum absolute atomic E-state index is 0.129. The van der Waals surface area contributed by atoms with E-state index in [-0.39, 0.29) is 16.9 Å². The minimum atomic E-state index is -0.184. The third-order valence-electron chi connectivity index (χ3n) is 5.28. The Bertz CT molecular complexity index is 648. The molecular weight excluding hydrogens is 302 g/mol. The number of pyridine rings is 1. The molecule has 1 aromatic rings. The van der Waals surface area contributed by atoms with Crippen LogP contribution in [0.5, 0.6) is 0 Å². The van der Waals surface area contributed by atoms with Crippen LogP contribution >= 0.6 is 0 Å². The lowest BCUT2D eigenvalue weighted by molar-refractivity contribution is 0.0702. The highest BCUT2D eigenvalue weighted by Gasteiger charge is 2.33. The third kappa shape index (κ3) is 3.89. The van der Waals surface area contributed by atoms with Crippen LogP contribution < -0.4 is 5.43 Å². The van der Waals surface area contributed by atoms with Crippen molar-refractivity contribution >= 4 is 5.91 Å². The van der Waals surface area contributed by atoms with E-state index in [1.807, 2.05) is 11.8 Å². The Morgan fingerprint density at radius 3 is 2.71 bits per heavy atom. The van der Waals surface area contributed by atoms with Crippen molar-refractivity contribution in [2.75, 3.05) is 26.2 Å². The third-order valence-corrected chi connectivity index (χ3v) is 5.28. The molecule has 5 nitrogen and oxygen atoms in total. The van der Waals surface area contributed by atoms with Gasteiger partial charge in [0.2, 0.25) is 0 Å². The van der Waals surface area contributed by atoms with Crippen LogP contribution in [0.1, 0.15) is 49.2 Å². The van der Waals surface area contributed by atoms with E-state index in [2.05, 4.69) is 23.7 Å². The molecule has 2 fully saturated rings. The van der Waals surface area contributed by atoms with Crippen LogP contribution in [0.2, 0.25) is 0 Å². The van der Waals surface area contributed by atoms with Gasteiger partial charge in [-0.15, -0.1) is 0 Å². The highest BCUT2D eigenvalue weighted by atomic mass is 16.2. The summed E-state index contributed by atoms with van der Waals surface area (Å²) in [5, 5.41) is 0. The monoisotopic (exact) mass is 331 g/mol. The summed E-state index contributed by atoms with van der Waals surface area (Å²) in [7, 11) is 0. The number of aromatic nitrogens is 1. The fourth-order valence-corrected chi connectivity index (χ4v) is 3.65. The highest BCUT2D eigenvalue weighted by molar-refractivity contribution is 5.93. The smallest absolute Gasteiger partial charge is 0.259 e. The van der Waals surface area contributed by atoms with E-state index in [0.29, 0.717) is 12.0 Å². The Balaban J connectivity index is 1.77. The van der Waals surface area contributed by atoms with Crippen LogP contribution in [0.25, 0.3) is 0 Å². The zero-order chi connectivity index (χ0) is 17.3. The van der Waals surface area contributed by atoms with Crippen LogP contribution in [0.3, 0.4) is 0 Å². The van der Waals surface area contributed by atoms with Gasteiger partial charge in [-0.1, -0.05) is 13.8 Å². The Hall–Kier alpha value is -1.62. The molecule has 132 valence electrons. The molecule has 0 unspecified atom stereocenters. The van der Waals surface area contributed by atoms with E-state index in [9.17, 15) is 9.59 Å². The second-order valence-corrected chi connectivity index (χ2v) is 7.75. The quantitative estimate of drug-likeness (QED) is 0.921. The van der Waals surface area contributed by atoms with Crippen molar-refractivity contribution in [3.8, 4) is 0 Å². The molecule has 0 radical (unpaired) electrons. The number of aryl methyl sites for hydroxylation is 1. The average molecular weight is 331 g/mol. The van der Waals surface area contributed by atoms with E-state index >= 15 is 0 Å². The maximum absolute atomic E-state index is 12.9. The van der Waals surface area contributed by atoms with Gasteiger partial charge in [0.05, 0.1) is 0 Å². The number of carbonyl (C=O) groups is 1.